The molecule has 1 atom stereocenters. The zero-order valence-electron chi connectivity index (χ0n) is 16.4. The SMILES string of the molecule is Cc1c([C@@H](O)CN2CCN(C(=O)OC(C)(C)C)CC2)ccc2c1COC2=O. The number of piperazine rings is 1. The van der Waals surface area contributed by atoms with Crippen LogP contribution in [-0.4, -0.2) is 65.3 Å². The number of carbonyl (C=O) groups excluding carboxylic acids is 2. The standard InChI is InChI=1S/C20H28N2O5/c1-13-14(5-6-15-16(13)12-26-18(15)24)17(23)11-21-7-9-22(10-8-21)19(25)27-20(2,3)4/h5-6,17,23H,7-12H2,1-4H3/t17-/m0/s1. The number of β-amino-alcohol motifs (C(OH)–C–C–N with tert-alkyl or cyclic N) is 1. The van der Waals surface area contributed by atoms with Crippen molar-refractivity contribution in [3.63, 3.8) is 0 Å². The number of amides is 1. The van der Waals surface area contributed by atoms with Crippen LogP contribution in [0.25, 0.3) is 0 Å². The fourth-order valence-electron chi connectivity index (χ4n) is 3.51. The van der Waals surface area contributed by atoms with Crippen LogP contribution < -0.4 is 0 Å². The number of aliphatic hydroxyl groups is 1. The van der Waals surface area contributed by atoms with Gasteiger partial charge in [-0.05, 0) is 44.9 Å². The fourth-order valence-corrected chi connectivity index (χ4v) is 3.51. The minimum absolute atomic E-state index is 0.273. The van der Waals surface area contributed by atoms with Crippen molar-refractivity contribution < 1.29 is 24.2 Å². The highest BCUT2D eigenvalue weighted by atomic mass is 16.6. The number of fused-ring (bicyclic) bond motifs is 1. The summed E-state index contributed by atoms with van der Waals surface area (Å²) in [5.41, 5.74) is 2.70. The van der Waals surface area contributed by atoms with Crippen LogP contribution in [0.2, 0.25) is 0 Å². The number of carbonyl (C=O) groups is 2. The molecule has 148 valence electrons. The molecule has 2 heterocycles. The molecule has 1 N–H and O–H groups in total. The van der Waals surface area contributed by atoms with E-state index in [0.29, 0.717) is 38.3 Å². The van der Waals surface area contributed by atoms with Crippen LogP contribution in [0.15, 0.2) is 12.1 Å². The van der Waals surface area contributed by atoms with E-state index in [1.807, 2.05) is 33.8 Å². The fraction of sp³-hybridized carbons (Fsp3) is 0.600. The Balaban J connectivity index is 1.57. The van der Waals surface area contributed by atoms with Gasteiger partial charge in [0.05, 0.1) is 11.7 Å². The van der Waals surface area contributed by atoms with Crippen LogP contribution in [0.1, 0.15) is 53.9 Å². The lowest BCUT2D eigenvalue weighted by atomic mass is 9.95. The third-order valence-corrected chi connectivity index (χ3v) is 5.02. The van der Waals surface area contributed by atoms with Gasteiger partial charge in [-0.25, -0.2) is 9.59 Å². The second kappa shape index (κ2) is 7.48. The van der Waals surface area contributed by atoms with Crippen molar-refractivity contribution >= 4 is 12.1 Å². The molecule has 0 spiro atoms. The molecule has 0 radical (unpaired) electrons. The Morgan fingerprint density at radius 3 is 2.56 bits per heavy atom. The number of nitrogens with zero attached hydrogens (tertiary/aromatic N) is 2. The van der Waals surface area contributed by atoms with E-state index in [4.69, 9.17) is 9.47 Å². The lowest BCUT2D eigenvalue weighted by molar-refractivity contribution is 0.0100. The molecule has 1 amide bonds. The lowest BCUT2D eigenvalue weighted by Crippen LogP contribution is -2.50. The summed E-state index contributed by atoms with van der Waals surface area (Å²) in [4.78, 5) is 27.6. The van der Waals surface area contributed by atoms with E-state index in [0.717, 1.165) is 16.7 Å². The second-order valence-corrected chi connectivity index (χ2v) is 8.17. The maximum absolute atomic E-state index is 12.1. The van der Waals surface area contributed by atoms with Crippen LogP contribution >= 0.6 is 0 Å². The van der Waals surface area contributed by atoms with E-state index in [1.165, 1.54) is 0 Å². The van der Waals surface area contributed by atoms with Crippen LogP contribution in [-0.2, 0) is 16.1 Å². The summed E-state index contributed by atoms with van der Waals surface area (Å²) in [6.07, 6.45) is -0.944. The molecule has 1 aromatic carbocycles. The molecule has 0 unspecified atom stereocenters. The number of benzene rings is 1. The normalized spacial score (nSPS) is 18.9. The Bertz CT molecular complexity index is 733. The van der Waals surface area contributed by atoms with Gasteiger partial charge in [0.25, 0.3) is 0 Å². The summed E-state index contributed by atoms with van der Waals surface area (Å²) in [7, 11) is 0. The van der Waals surface area contributed by atoms with E-state index < -0.39 is 11.7 Å². The highest BCUT2D eigenvalue weighted by Gasteiger charge is 2.29. The molecule has 2 aliphatic rings. The van der Waals surface area contributed by atoms with Gasteiger partial charge in [0, 0.05) is 38.3 Å². The zero-order chi connectivity index (χ0) is 19.8. The number of ether oxygens (including phenoxy) is 2. The highest BCUT2D eigenvalue weighted by molar-refractivity contribution is 5.93. The molecule has 2 aliphatic heterocycles. The van der Waals surface area contributed by atoms with Gasteiger partial charge in [-0.3, -0.25) is 4.90 Å². The predicted molar refractivity (Wildman–Crippen MR) is 99.5 cm³/mol. The first-order valence-corrected chi connectivity index (χ1v) is 9.33. The molecular weight excluding hydrogens is 348 g/mol. The molecule has 7 nitrogen and oxygen atoms in total. The van der Waals surface area contributed by atoms with Crippen molar-refractivity contribution in [3.8, 4) is 0 Å². The predicted octanol–water partition coefficient (Wildman–Crippen LogP) is 2.25. The van der Waals surface area contributed by atoms with Gasteiger partial charge in [0.1, 0.15) is 12.2 Å². The van der Waals surface area contributed by atoms with Crippen LogP contribution in [0.4, 0.5) is 4.79 Å². The van der Waals surface area contributed by atoms with Gasteiger partial charge in [0.2, 0.25) is 0 Å². The number of esters is 1. The summed E-state index contributed by atoms with van der Waals surface area (Å²) < 4.78 is 10.5. The molecule has 0 aliphatic carbocycles. The Morgan fingerprint density at radius 2 is 1.93 bits per heavy atom. The molecule has 1 aromatic rings. The second-order valence-electron chi connectivity index (χ2n) is 8.17. The minimum Gasteiger partial charge on any atom is -0.457 e. The number of cyclic esters (lactones) is 1. The number of rotatable bonds is 3. The van der Waals surface area contributed by atoms with Crippen molar-refractivity contribution in [1.29, 1.82) is 0 Å². The average Bonchev–Trinajstić information content (AvgIpc) is 2.96. The van der Waals surface area contributed by atoms with Crippen molar-refractivity contribution in [2.75, 3.05) is 32.7 Å². The third kappa shape index (κ3) is 4.42. The van der Waals surface area contributed by atoms with Crippen LogP contribution in [0, 0.1) is 6.92 Å². The molecule has 27 heavy (non-hydrogen) atoms. The van der Waals surface area contributed by atoms with E-state index in [9.17, 15) is 14.7 Å². The van der Waals surface area contributed by atoms with Gasteiger partial charge < -0.3 is 19.5 Å². The molecule has 1 fully saturated rings. The van der Waals surface area contributed by atoms with Gasteiger partial charge in [0.15, 0.2) is 0 Å². The number of aliphatic hydroxyl groups excluding tert-OH is 1. The van der Waals surface area contributed by atoms with Crippen molar-refractivity contribution in [1.82, 2.24) is 9.80 Å². The number of hydrogen-bond donors (Lipinski definition) is 1. The van der Waals surface area contributed by atoms with Crippen LogP contribution in [0.3, 0.4) is 0 Å². The van der Waals surface area contributed by atoms with Crippen LogP contribution in [0.5, 0.6) is 0 Å². The topological polar surface area (TPSA) is 79.3 Å². The Morgan fingerprint density at radius 1 is 1.26 bits per heavy atom. The van der Waals surface area contributed by atoms with Gasteiger partial charge in [-0.1, -0.05) is 6.07 Å². The van der Waals surface area contributed by atoms with Crippen molar-refractivity contribution in [2.45, 2.75) is 46.0 Å². The molecule has 0 bridgehead atoms. The van der Waals surface area contributed by atoms with Crippen molar-refractivity contribution in [3.05, 3.63) is 34.4 Å². The molecule has 7 heteroatoms. The Kier molecular flexibility index (Phi) is 5.44. The average molecular weight is 376 g/mol. The molecule has 0 saturated carbocycles. The van der Waals surface area contributed by atoms with E-state index in [-0.39, 0.29) is 18.7 Å². The monoisotopic (exact) mass is 376 g/mol. The first-order chi connectivity index (χ1) is 12.7. The Labute approximate surface area is 159 Å². The highest BCUT2D eigenvalue weighted by Crippen LogP contribution is 2.29. The largest absolute Gasteiger partial charge is 0.457 e. The maximum atomic E-state index is 12.1. The quantitative estimate of drug-likeness (QED) is 0.815. The first kappa shape index (κ1) is 19.6. The van der Waals surface area contributed by atoms with Gasteiger partial charge >= 0.3 is 12.1 Å². The summed E-state index contributed by atoms with van der Waals surface area (Å²) >= 11 is 0. The minimum atomic E-state index is -0.654. The van der Waals surface area contributed by atoms with Gasteiger partial charge in [-0.15, -0.1) is 0 Å². The third-order valence-electron chi connectivity index (χ3n) is 5.02. The van der Waals surface area contributed by atoms with Gasteiger partial charge in [-0.2, -0.15) is 0 Å². The summed E-state index contributed by atoms with van der Waals surface area (Å²) in [6, 6.07) is 3.54. The Hall–Kier alpha value is -2.12. The van der Waals surface area contributed by atoms with E-state index in [2.05, 4.69) is 4.90 Å². The summed E-state index contributed by atoms with van der Waals surface area (Å²) in [5.74, 6) is -0.299. The van der Waals surface area contributed by atoms with E-state index in [1.54, 1.807) is 11.0 Å². The smallest absolute Gasteiger partial charge is 0.410 e. The van der Waals surface area contributed by atoms with Crippen molar-refractivity contribution in [2.24, 2.45) is 0 Å². The molecular formula is C20H28N2O5. The number of hydrogen-bond acceptors (Lipinski definition) is 6. The first-order valence-electron chi connectivity index (χ1n) is 9.33. The molecule has 3 rings (SSSR count). The lowest BCUT2D eigenvalue weighted by Gasteiger charge is -2.36. The molecule has 0 aromatic heterocycles. The maximum Gasteiger partial charge on any atom is 0.410 e. The summed E-state index contributed by atoms with van der Waals surface area (Å²) in [6.45, 7) is 10.8. The summed E-state index contributed by atoms with van der Waals surface area (Å²) in [5, 5.41) is 10.7. The van der Waals surface area contributed by atoms with E-state index >= 15 is 0 Å². The molecule has 1 saturated heterocycles. The zero-order valence-corrected chi connectivity index (χ0v) is 16.4.